The number of anilines is 1. The van der Waals surface area contributed by atoms with E-state index in [0.717, 1.165) is 17.3 Å². The molecule has 0 aliphatic heterocycles. The summed E-state index contributed by atoms with van der Waals surface area (Å²) in [5.74, 6) is -1.49. The van der Waals surface area contributed by atoms with E-state index in [0.29, 0.717) is 10.3 Å². The highest BCUT2D eigenvalue weighted by molar-refractivity contribution is 6.39. The van der Waals surface area contributed by atoms with Crippen molar-refractivity contribution in [3.8, 4) is 0 Å². The van der Waals surface area contributed by atoms with Gasteiger partial charge in [0.1, 0.15) is 5.82 Å². The largest absolute Gasteiger partial charge is 0.347 e. The number of hydrogen-bond acceptors (Lipinski definition) is 3. The Kier molecular flexibility index (Phi) is 5.62. The van der Waals surface area contributed by atoms with Gasteiger partial charge in [0.2, 0.25) is 0 Å². The van der Waals surface area contributed by atoms with Gasteiger partial charge in [0, 0.05) is 31.0 Å². The molecule has 2 amide bonds. The van der Waals surface area contributed by atoms with Gasteiger partial charge in [0.05, 0.1) is 0 Å². The predicted molar refractivity (Wildman–Crippen MR) is 84.7 cm³/mol. The van der Waals surface area contributed by atoms with Crippen LogP contribution in [0, 0.1) is 13.8 Å². The molecule has 1 heterocycles. The first-order valence-corrected chi connectivity index (χ1v) is 7.35. The lowest BCUT2D eigenvalue weighted by atomic mass is 10.1. The highest BCUT2D eigenvalue weighted by Gasteiger charge is 2.16. The van der Waals surface area contributed by atoms with E-state index in [9.17, 15) is 18.4 Å². The quantitative estimate of drug-likeness (QED) is 0.822. The molecule has 0 spiro atoms. The zero-order valence-corrected chi connectivity index (χ0v) is 13.3. The molecular formula is C16H18F2N4O2. The van der Waals surface area contributed by atoms with Crippen LogP contribution in [0.1, 0.15) is 23.5 Å². The molecule has 128 valence electrons. The summed E-state index contributed by atoms with van der Waals surface area (Å²) in [6.07, 6.45) is 2.52. The average Bonchev–Trinajstić information content (AvgIpc) is 2.99. The normalized spacial score (nSPS) is 10.7. The highest BCUT2D eigenvalue weighted by atomic mass is 19.3. The minimum Gasteiger partial charge on any atom is -0.347 e. The Morgan fingerprint density at radius 3 is 2.50 bits per heavy atom. The number of alkyl halides is 2. The molecule has 0 saturated carbocycles. The van der Waals surface area contributed by atoms with E-state index in [-0.39, 0.29) is 18.8 Å². The molecule has 0 fully saturated rings. The number of imidazole rings is 1. The van der Waals surface area contributed by atoms with Crippen LogP contribution in [-0.2, 0) is 16.0 Å². The second kappa shape index (κ2) is 7.67. The van der Waals surface area contributed by atoms with Crippen molar-refractivity contribution in [2.45, 2.75) is 26.8 Å². The van der Waals surface area contributed by atoms with Crippen molar-refractivity contribution in [2.24, 2.45) is 0 Å². The fraction of sp³-hybridized carbons (Fsp3) is 0.312. The standard InChI is InChI=1S/C16H18F2N4O2/c1-10-4-3-5-11(2)13(10)21-15(24)14(23)20-7-6-12-19-8-9-22(12)16(17)18/h3-5,8-9,16H,6-7H2,1-2H3,(H,20,23)(H,21,24). The van der Waals surface area contributed by atoms with Gasteiger partial charge in [-0.1, -0.05) is 18.2 Å². The van der Waals surface area contributed by atoms with E-state index >= 15 is 0 Å². The van der Waals surface area contributed by atoms with Crippen LogP contribution in [-0.4, -0.2) is 27.9 Å². The molecule has 2 rings (SSSR count). The van der Waals surface area contributed by atoms with Crippen LogP contribution in [0.15, 0.2) is 30.6 Å². The second-order valence-electron chi connectivity index (χ2n) is 5.26. The molecule has 0 aliphatic rings. The minimum atomic E-state index is -2.69. The monoisotopic (exact) mass is 336 g/mol. The van der Waals surface area contributed by atoms with E-state index in [1.54, 1.807) is 0 Å². The molecule has 1 aromatic carbocycles. The first kappa shape index (κ1) is 17.6. The molecule has 6 nitrogen and oxygen atoms in total. The second-order valence-corrected chi connectivity index (χ2v) is 5.26. The van der Waals surface area contributed by atoms with Crippen molar-refractivity contribution in [2.75, 3.05) is 11.9 Å². The molecule has 2 aromatic rings. The average molecular weight is 336 g/mol. The van der Waals surface area contributed by atoms with Crippen molar-refractivity contribution in [1.29, 1.82) is 0 Å². The molecule has 8 heteroatoms. The Hall–Kier alpha value is -2.77. The van der Waals surface area contributed by atoms with Crippen LogP contribution in [0.25, 0.3) is 0 Å². The maximum atomic E-state index is 12.7. The molecular weight excluding hydrogens is 318 g/mol. The fourth-order valence-corrected chi connectivity index (χ4v) is 2.27. The number of nitrogens with zero attached hydrogens (tertiary/aromatic N) is 2. The van der Waals surface area contributed by atoms with Crippen molar-refractivity contribution < 1.29 is 18.4 Å². The molecule has 2 N–H and O–H groups in total. The molecule has 0 saturated heterocycles. The Morgan fingerprint density at radius 2 is 1.88 bits per heavy atom. The van der Waals surface area contributed by atoms with Gasteiger partial charge in [-0.15, -0.1) is 0 Å². The molecule has 0 atom stereocenters. The molecule has 24 heavy (non-hydrogen) atoms. The van der Waals surface area contributed by atoms with Crippen LogP contribution in [0.4, 0.5) is 14.5 Å². The lowest BCUT2D eigenvalue weighted by Crippen LogP contribution is -2.37. The molecule has 0 bridgehead atoms. The van der Waals surface area contributed by atoms with Gasteiger partial charge in [-0.05, 0) is 25.0 Å². The van der Waals surface area contributed by atoms with E-state index in [1.165, 1.54) is 6.20 Å². The number of aromatic nitrogens is 2. The van der Waals surface area contributed by atoms with Crippen molar-refractivity contribution >= 4 is 17.5 Å². The number of hydrogen-bond donors (Lipinski definition) is 2. The van der Waals surface area contributed by atoms with E-state index in [1.807, 2.05) is 32.0 Å². The lowest BCUT2D eigenvalue weighted by Gasteiger charge is -2.11. The van der Waals surface area contributed by atoms with Crippen molar-refractivity contribution in [3.63, 3.8) is 0 Å². The molecule has 1 aromatic heterocycles. The molecule has 0 radical (unpaired) electrons. The predicted octanol–water partition coefficient (Wildman–Crippen LogP) is 2.19. The van der Waals surface area contributed by atoms with Crippen molar-refractivity contribution in [1.82, 2.24) is 14.9 Å². The number of rotatable bonds is 5. The highest BCUT2D eigenvalue weighted by Crippen LogP contribution is 2.19. The number of para-hydroxylation sites is 1. The molecule has 0 aliphatic carbocycles. The summed E-state index contributed by atoms with van der Waals surface area (Å²) in [6.45, 7) is 0.989. The zero-order chi connectivity index (χ0) is 17.7. The Morgan fingerprint density at radius 1 is 1.21 bits per heavy atom. The topological polar surface area (TPSA) is 76.0 Å². The van der Waals surface area contributed by atoms with Gasteiger partial charge in [-0.3, -0.25) is 14.2 Å². The Bertz CT molecular complexity index is 723. The van der Waals surface area contributed by atoms with Crippen LogP contribution < -0.4 is 10.6 Å². The Labute approximate surface area is 137 Å². The number of benzene rings is 1. The Balaban J connectivity index is 1.88. The maximum absolute atomic E-state index is 12.7. The summed E-state index contributed by atoms with van der Waals surface area (Å²) in [7, 11) is 0. The van der Waals surface area contributed by atoms with E-state index in [4.69, 9.17) is 0 Å². The SMILES string of the molecule is Cc1cccc(C)c1NC(=O)C(=O)NCCc1nccn1C(F)F. The van der Waals surface area contributed by atoms with E-state index < -0.39 is 18.4 Å². The van der Waals surface area contributed by atoms with Gasteiger partial charge in [-0.2, -0.15) is 8.78 Å². The van der Waals surface area contributed by atoms with Gasteiger partial charge in [0.25, 0.3) is 0 Å². The number of amides is 2. The van der Waals surface area contributed by atoms with Gasteiger partial charge in [0.15, 0.2) is 0 Å². The summed E-state index contributed by atoms with van der Waals surface area (Å²) in [6, 6.07) is 5.50. The number of aryl methyl sites for hydroxylation is 2. The van der Waals surface area contributed by atoms with Crippen molar-refractivity contribution in [3.05, 3.63) is 47.5 Å². The first-order valence-electron chi connectivity index (χ1n) is 7.35. The van der Waals surface area contributed by atoms with Crippen LogP contribution in [0.5, 0.6) is 0 Å². The summed E-state index contributed by atoms with van der Waals surface area (Å²) in [5.41, 5.74) is 2.27. The third-order valence-corrected chi connectivity index (χ3v) is 3.52. The zero-order valence-electron chi connectivity index (χ0n) is 13.3. The fourth-order valence-electron chi connectivity index (χ4n) is 2.27. The summed E-state index contributed by atoms with van der Waals surface area (Å²) in [5, 5.41) is 4.96. The number of nitrogens with one attached hydrogen (secondary N) is 2. The van der Waals surface area contributed by atoms with Crippen LogP contribution in [0.3, 0.4) is 0 Å². The summed E-state index contributed by atoms with van der Waals surface area (Å²) in [4.78, 5) is 27.5. The number of carbonyl (C=O) groups is 2. The number of halogens is 2. The summed E-state index contributed by atoms with van der Waals surface area (Å²) >= 11 is 0. The third-order valence-electron chi connectivity index (χ3n) is 3.52. The maximum Gasteiger partial charge on any atom is 0.319 e. The van der Waals surface area contributed by atoms with Gasteiger partial charge >= 0.3 is 18.4 Å². The minimum absolute atomic E-state index is 0.0305. The smallest absolute Gasteiger partial charge is 0.319 e. The van der Waals surface area contributed by atoms with Crippen LogP contribution >= 0.6 is 0 Å². The van der Waals surface area contributed by atoms with Gasteiger partial charge < -0.3 is 10.6 Å². The molecule has 0 unspecified atom stereocenters. The van der Waals surface area contributed by atoms with Crippen LogP contribution in [0.2, 0.25) is 0 Å². The lowest BCUT2D eigenvalue weighted by molar-refractivity contribution is -0.136. The number of carbonyl (C=O) groups excluding carboxylic acids is 2. The van der Waals surface area contributed by atoms with E-state index in [2.05, 4.69) is 15.6 Å². The summed E-state index contributed by atoms with van der Waals surface area (Å²) < 4.78 is 26.0. The van der Waals surface area contributed by atoms with Gasteiger partial charge in [-0.25, -0.2) is 4.98 Å². The first-order chi connectivity index (χ1) is 11.4. The third kappa shape index (κ3) is 4.15.